The van der Waals surface area contributed by atoms with Crippen LogP contribution in [-0.4, -0.2) is 190 Å². The number of nitrogens with one attached hydrogen (secondary N) is 2. The predicted octanol–water partition coefficient (Wildman–Crippen LogP) is 3.37. The number of amides is 3. The van der Waals surface area contributed by atoms with Gasteiger partial charge in [-0.3, -0.25) is 33.9 Å². The van der Waals surface area contributed by atoms with Gasteiger partial charge in [-0.15, -0.1) is 0 Å². The number of aliphatic hydroxyl groups excluding tert-OH is 3. The Morgan fingerprint density at radius 3 is 2.49 bits per heavy atom. The molecule has 4 fully saturated rings. The van der Waals surface area contributed by atoms with Gasteiger partial charge in [-0.25, -0.2) is 0 Å². The zero-order chi connectivity index (χ0) is 55.3. The van der Waals surface area contributed by atoms with Crippen LogP contribution in [-0.2, 0) is 45.9 Å². The largest absolute Gasteiger partial charge is 0.496 e. The van der Waals surface area contributed by atoms with E-state index in [4.69, 9.17) is 14.2 Å². The second-order valence-electron chi connectivity index (χ2n) is 24.2. The van der Waals surface area contributed by atoms with Gasteiger partial charge in [0.25, 0.3) is 11.8 Å². The average Bonchev–Trinajstić information content (AvgIpc) is 1.98. The van der Waals surface area contributed by atoms with Crippen LogP contribution in [0.4, 0.5) is 5.69 Å². The molecule has 3 amide bonds. The Kier molecular flexibility index (Phi) is 14.3. The first-order chi connectivity index (χ1) is 37.4. The number of aliphatic hydroxyl groups is 5. The summed E-state index contributed by atoms with van der Waals surface area (Å²) in [6.07, 6.45) is 7.30. The van der Waals surface area contributed by atoms with Crippen molar-refractivity contribution in [2.75, 3.05) is 78.6 Å². The number of para-hydroxylation sites is 1. The highest BCUT2D eigenvalue weighted by atomic mass is 16.5. The normalized spacial score (nSPS) is 37.0. The molecule has 1 saturated carbocycles. The Labute approximate surface area is 456 Å². The molecule has 11 rings (SSSR count). The summed E-state index contributed by atoms with van der Waals surface area (Å²) in [5, 5.41) is 62.8. The highest BCUT2D eigenvalue weighted by Gasteiger charge is 2.78. The standard InChI is InChI=1S/C60H80N6O12/c1-7-56(74)30-36-31-59(55(73)77-6,48-38(18-24-64(32-36)34-56)37-16-11-12-17-42(37)62-48)41-27-40-43(28-46(41)76-5)63(4)52-58(40)20-25-65-22-15-19-57(8-2,51(58)65)53(71)60(52,75)54(72)61-21-13-9-10-14-23-66-49(69)35(3)26-39(50(66)70)45-29-44(68)47(33-67)78-45/h11-12,15-17,19,26-28,36,39,44-45,47,51-53,62,67-68,71,74-75H,7-10,13-14,18,20-25,29-34H2,1-6H3,(H,61,72)/t36?,39?,44-,45+,47+,51?,52?,53+,56-,57+,58?,59-,60-/m0/s1. The molecule has 2 bridgehead atoms. The number of carbonyl (C=O) groups is 4. The van der Waals surface area contributed by atoms with Crippen molar-refractivity contribution in [3.63, 3.8) is 0 Å². The molecule has 8 aliphatic rings. The zero-order valence-corrected chi connectivity index (χ0v) is 46.1. The van der Waals surface area contributed by atoms with Gasteiger partial charge in [-0.05, 0) is 94.0 Å². The maximum absolute atomic E-state index is 15.5. The number of piperidine rings is 1. The lowest BCUT2D eigenvalue weighted by molar-refractivity contribution is -0.203. The van der Waals surface area contributed by atoms with Crippen LogP contribution in [0.1, 0.15) is 107 Å². The number of imide groups is 1. The van der Waals surface area contributed by atoms with Crippen molar-refractivity contribution in [2.24, 2.45) is 17.3 Å². The van der Waals surface area contributed by atoms with Crippen LogP contribution in [0.3, 0.4) is 0 Å². The summed E-state index contributed by atoms with van der Waals surface area (Å²) in [5.41, 5.74) is -1.49. The number of carbonyl (C=O) groups excluding carboxylic acids is 4. The average molecular weight is 1080 g/mol. The molecule has 1 aliphatic carbocycles. The molecule has 2 aromatic carbocycles. The molecule has 1 aromatic heterocycles. The fourth-order valence-electron chi connectivity index (χ4n) is 16.7. The Hall–Kier alpha value is -5.18. The zero-order valence-electron chi connectivity index (χ0n) is 46.1. The minimum absolute atomic E-state index is 0.128. The number of fused-ring (bicyclic) bond motifs is 6. The molecule has 422 valence electrons. The number of hydrogen-bond acceptors (Lipinski definition) is 15. The summed E-state index contributed by atoms with van der Waals surface area (Å²) in [5.74, 6) is -2.33. The van der Waals surface area contributed by atoms with Crippen molar-refractivity contribution >= 4 is 40.3 Å². The third kappa shape index (κ3) is 8.07. The first kappa shape index (κ1) is 54.8. The third-order valence-electron chi connectivity index (χ3n) is 20.2. The van der Waals surface area contributed by atoms with Crippen LogP contribution in [0.5, 0.6) is 5.75 Å². The van der Waals surface area contributed by atoms with Crippen molar-refractivity contribution in [3.05, 3.63) is 82.6 Å². The topological polar surface area (TPSA) is 238 Å². The number of anilines is 1. The molecular weight excluding hydrogens is 997 g/mol. The van der Waals surface area contributed by atoms with Gasteiger partial charge in [0.15, 0.2) is 5.60 Å². The van der Waals surface area contributed by atoms with Crippen LogP contribution >= 0.6 is 0 Å². The number of rotatable bonds is 15. The highest BCUT2D eigenvalue weighted by Crippen LogP contribution is 2.67. The quantitative estimate of drug-likeness (QED) is 0.0500. The van der Waals surface area contributed by atoms with E-state index in [-0.39, 0.29) is 44.0 Å². The lowest BCUT2D eigenvalue weighted by Crippen LogP contribution is -2.81. The third-order valence-corrected chi connectivity index (χ3v) is 20.2. The second-order valence-corrected chi connectivity index (χ2v) is 24.2. The Morgan fingerprint density at radius 1 is 0.974 bits per heavy atom. The Morgan fingerprint density at radius 2 is 1.76 bits per heavy atom. The number of unbranched alkanes of at least 4 members (excludes halogenated alkanes) is 3. The number of esters is 1. The lowest BCUT2D eigenvalue weighted by atomic mass is 9.47. The molecule has 7 aliphatic heterocycles. The molecule has 8 heterocycles. The van der Waals surface area contributed by atoms with E-state index >= 15 is 9.59 Å². The van der Waals surface area contributed by atoms with Gasteiger partial charge < -0.3 is 54.9 Å². The van der Waals surface area contributed by atoms with Crippen molar-refractivity contribution in [2.45, 2.75) is 150 Å². The SMILES string of the molecule is CC[C@]1(O)CC2CN(CCc3c([nH]c4ccccc34)[C@@](C(=O)OC)(c3cc4c(cc3OC)N(C)C3C45CCN4CC=C[C@](CC)(C45)[C@@H](O)[C@]3(O)C(=O)NCCCCCCN3C(=O)C(C)=CC([C@H]4C[C@H](O)[C@@H](CO)O4)C3=O)C2)C1. The van der Waals surface area contributed by atoms with Gasteiger partial charge >= 0.3 is 5.97 Å². The molecule has 18 nitrogen and oxygen atoms in total. The maximum Gasteiger partial charge on any atom is 0.322 e. The van der Waals surface area contributed by atoms with Gasteiger partial charge in [0.05, 0.1) is 50.6 Å². The summed E-state index contributed by atoms with van der Waals surface area (Å²) >= 11 is 0. The Balaban J connectivity index is 0.918. The van der Waals surface area contributed by atoms with E-state index in [0.717, 1.165) is 33.4 Å². The number of nitrogens with zero attached hydrogens (tertiary/aromatic N) is 4. The maximum atomic E-state index is 15.5. The minimum Gasteiger partial charge on any atom is -0.496 e. The molecule has 3 saturated heterocycles. The van der Waals surface area contributed by atoms with E-state index in [2.05, 4.69) is 32.2 Å². The summed E-state index contributed by atoms with van der Waals surface area (Å²) in [6, 6.07) is 10.9. The number of ether oxygens (including phenoxy) is 3. The van der Waals surface area contributed by atoms with Gasteiger partial charge in [0.1, 0.15) is 23.4 Å². The van der Waals surface area contributed by atoms with Crippen LogP contribution in [0, 0.1) is 17.3 Å². The van der Waals surface area contributed by atoms with E-state index in [1.165, 1.54) is 12.0 Å². The van der Waals surface area contributed by atoms with Gasteiger partial charge in [-0.2, -0.15) is 0 Å². The molecule has 1 spiro atoms. The predicted molar refractivity (Wildman–Crippen MR) is 291 cm³/mol. The smallest absolute Gasteiger partial charge is 0.322 e. The van der Waals surface area contributed by atoms with Gasteiger partial charge in [0, 0.05) is 109 Å². The number of methoxy groups -OCH3 is 2. The summed E-state index contributed by atoms with van der Waals surface area (Å²) in [4.78, 5) is 69.3. The van der Waals surface area contributed by atoms with Gasteiger partial charge in [-0.1, -0.05) is 63.1 Å². The van der Waals surface area contributed by atoms with Gasteiger partial charge in [0.2, 0.25) is 5.91 Å². The number of aromatic amines is 1. The van der Waals surface area contributed by atoms with Crippen molar-refractivity contribution in [3.8, 4) is 5.75 Å². The van der Waals surface area contributed by atoms with Crippen LogP contribution in [0.25, 0.3) is 10.9 Å². The lowest BCUT2D eigenvalue weighted by Gasteiger charge is -2.63. The first-order valence-electron chi connectivity index (χ1n) is 28.6. The van der Waals surface area contributed by atoms with Crippen LogP contribution in [0.15, 0.2) is 60.2 Å². The molecule has 78 heavy (non-hydrogen) atoms. The van der Waals surface area contributed by atoms with Crippen LogP contribution < -0.4 is 15.0 Å². The first-order valence-corrected chi connectivity index (χ1v) is 28.6. The fourth-order valence-corrected chi connectivity index (χ4v) is 16.7. The molecule has 18 heteroatoms. The molecule has 3 aromatic rings. The van der Waals surface area contributed by atoms with E-state index in [0.29, 0.717) is 114 Å². The highest BCUT2D eigenvalue weighted by molar-refractivity contribution is 6.08. The van der Waals surface area contributed by atoms with Crippen molar-refractivity contribution in [1.29, 1.82) is 0 Å². The molecule has 14 atom stereocenters. The molecule has 7 N–H and O–H groups in total. The second kappa shape index (κ2) is 20.4. The molecule has 0 radical (unpaired) electrons. The fraction of sp³-hybridized carbons (Fsp3) is 0.633. The summed E-state index contributed by atoms with van der Waals surface area (Å²) in [6.45, 7) is 8.89. The van der Waals surface area contributed by atoms with E-state index < -0.39 is 81.6 Å². The monoisotopic (exact) mass is 1080 g/mol. The number of hydrogen-bond donors (Lipinski definition) is 7. The summed E-state index contributed by atoms with van der Waals surface area (Å²) in [7, 11) is 4.91. The molecule has 6 unspecified atom stereocenters. The van der Waals surface area contributed by atoms with Crippen LogP contribution in [0.2, 0.25) is 0 Å². The number of aromatic nitrogens is 1. The van der Waals surface area contributed by atoms with E-state index in [9.17, 15) is 35.1 Å². The number of likely N-dealkylation sites (N-methyl/N-ethyl adjacent to an activating group) is 1. The number of H-pyrrole nitrogens is 1. The van der Waals surface area contributed by atoms with E-state index in [1.807, 2.05) is 62.2 Å². The Bertz CT molecular complexity index is 2930. The summed E-state index contributed by atoms with van der Waals surface area (Å²) < 4.78 is 18.3. The van der Waals surface area contributed by atoms with E-state index in [1.54, 1.807) is 20.1 Å². The van der Waals surface area contributed by atoms with Crippen molar-refractivity contribution in [1.82, 2.24) is 25.0 Å². The number of benzene rings is 2. The minimum atomic E-state index is -2.34. The van der Waals surface area contributed by atoms with Crippen molar-refractivity contribution < 1.29 is 58.9 Å². The molecular formula is C60H80N6O12.